The topological polar surface area (TPSA) is 124 Å². The number of carbonyl (C=O) groups is 2. The third-order valence-electron chi connectivity index (χ3n) is 7.87. The van der Waals surface area contributed by atoms with Gasteiger partial charge in [0.2, 0.25) is 11.9 Å². The lowest BCUT2D eigenvalue weighted by Gasteiger charge is -2.30. The van der Waals surface area contributed by atoms with Crippen LogP contribution in [0.3, 0.4) is 0 Å². The largest absolute Gasteiger partial charge is 0.490 e. The van der Waals surface area contributed by atoms with E-state index >= 15 is 0 Å². The molecule has 1 fully saturated rings. The second-order valence-corrected chi connectivity index (χ2v) is 13.0. The Hall–Kier alpha value is -4.72. The second kappa shape index (κ2) is 13.8. The number of amides is 2. The van der Waals surface area contributed by atoms with Gasteiger partial charge >= 0.3 is 12.3 Å². The molecule has 0 unspecified atom stereocenters. The number of ether oxygens (including phenoxy) is 2. The molecule has 2 amide bonds. The first-order valence-corrected chi connectivity index (χ1v) is 15.8. The van der Waals surface area contributed by atoms with Crippen molar-refractivity contribution in [1.82, 2.24) is 24.6 Å². The number of aromatic nitrogens is 4. The molecule has 2 aromatic carbocycles. The SMILES string of the molecule is CCc1cc(-c2cc(NC(=O)Cc3ccc(OC4CCN(C)CC4)c(C(F)(F)F)c3)nn2C)cc2cnc(NC(=O)OC(C)(C)C)nc12. The third-order valence-corrected chi connectivity index (χ3v) is 7.87. The van der Waals surface area contributed by atoms with Gasteiger partial charge in [0.1, 0.15) is 17.5 Å². The number of benzene rings is 2. The summed E-state index contributed by atoms with van der Waals surface area (Å²) in [5, 5.41) is 10.4. The molecule has 4 aromatic rings. The first-order chi connectivity index (χ1) is 22.6. The van der Waals surface area contributed by atoms with Crippen LogP contribution in [-0.4, -0.2) is 68.5 Å². The van der Waals surface area contributed by atoms with Crippen LogP contribution in [0.25, 0.3) is 22.2 Å². The van der Waals surface area contributed by atoms with Crippen LogP contribution in [-0.2, 0) is 35.6 Å². The zero-order valence-electron chi connectivity index (χ0n) is 27.9. The normalized spacial score (nSPS) is 14.6. The molecule has 0 radical (unpaired) electrons. The van der Waals surface area contributed by atoms with Gasteiger partial charge in [-0.05, 0) is 82.5 Å². The Morgan fingerprint density at radius 2 is 1.75 bits per heavy atom. The van der Waals surface area contributed by atoms with Gasteiger partial charge in [0.05, 0.1) is 23.2 Å². The summed E-state index contributed by atoms with van der Waals surface area (Å²) >= 11 is 0. The van der Waals surface area contributed by atoms with E-state index in [1.165, 1.54) is 12.1 Å². The minimum Gasteiger partial charge on any atom is -0.490 e. The van der Waals surface area contributed by atoms with E-state index < -0.39 is 29.3 Å². The summed E-state index contributed by atoms with van der Waals surface area (Å²) in [4.78, 5) is 36.1. The monoisotopic (exact) mass is 667 g/mol. The zero-order valence-corrected chi connectivity index (χ0v) is 27.9. The van der Waals surface area contributed by atoms with E-state index in [1.54, 1.807) is 44.8 Å². The number of rotatable bonds is 8. The molecule has 14 heteroatoms. The summed E-state index contributed by atoms with van der Waals surface area (Å²) in [6, 6.07) is 9.28. The molecule has 0 spiro atoms. The van der Waals surface area contributed by atoms with E-state index in [1.807, 2.05) is 26.1 Å². The van der Waals surface area contributed by atoms with Crippen LogP contribution >= 0.6 is 0 Å². The van der Waals surface area contributed by atoms with Gasteiger partial charge in [0.15, 0.2) is 5.82 Å². The lowest BCUT2D eigenvalue weighted by Crippen LogP contribution is -2.36. The van der Waals surface area contributed by atoms with Gasteiger partial charge in [0, 0.05) is 43.4 Å². The average molecular weight is 668 g/mol. The van der Waals surface area contributed by atoms with Crippen LogP contribution in [0.15, 0.2) is 42.6 Å². The average Bonchev–Trinajstić information content (AvgIpc) is 3.36. The molecule has 0 bridgehead atoms. The number of anilines is 2. The minimum atomic E-state index is -4.64. The van der Waals surface area contributed by atoms with Gasteiger partial charge in [0.25, 0.3) is 0 Å². The third kappa shape index (κ3) is 8.59. The first kappa shape index (κ1) is 34.6. The molecule has 5 rings (SSSR count). The Balaban J connectivity index is 1.30. The Morgan fingerprint density at radius 3 is 2.42 bits per heavy atom. The molecule has 2 N–H and O–H groups in total. The molecule has 2 aromatic heterocycles. The van der Waals surface area contributed by atoms with Crippen LogP contribution in [0.4, 0.5) is 29.7 Å². The van der Waals surface area contributed by atoms with Crippen molar-refractivity contribution in [3.8, 4) is 17.0 Å². The van der Waals surface area contributed by atoms with Gasteiger partial charge in [-0.25, -0.2) is 14.8 Å². The Bertz CT molecular complexity index is 1810. The second-order valence-electron chi connectivity index (χ2n) is 13.0. The predicted octanol–water partition coefficient (Wildman–Crippen LogP) is 6.61. The van der Waals surface area contributed by atoms with Crippen molar-refractivity contribution in [2.75, 3.05) is 30.8 Å². The number of fused-ring (bicyclic) bond motifs is 1. The first-order valence-electron chi connectivity index (χ1n) is 15.8. The number of nitrogens with one attached hydrogen (secondary N) is 2. The summed E-state index contributed by atoms with van der Waals surface area (Å²) in [6.45, 7) is 8.78. The Morgan fingerprint density at radius 1 is 1.02 bits per heavy atom. The Labute approximate surface area is 276 Å². The van der Waals surface area contributed by atoms with Crippen LogP contribution in [0.2, 0.25) is 0 Å². The van der Waals surface area contributed by atoms with E-state index in [4.69, 9.17) is 9.47 Å². The van der Waals surface area contributed by atoms with Crippen molar-refractivity contribution < 1.29 is 32.2 Å². The standard InChI is InChI=1S/C34H40F3N7O4/c1-7-21-16-22(17-23-19-38-31(40-30(21)23)41-32(46)48-33(2,3)4)26-18-28(42-44(26)6)39-29(45)15-20-8-9-27(25(14-20)34(35,36)37)47-24-10-12-43(5)13-11-24/h8-9,14,16-19,24H,7,10-13,15H2,1-6H3,(H,39,42,45)(H,38,40,41,46). The zero-order chi connectivity index (χ0) is 34.8. The maximum atomic E-state index is 14.0. The van der Waals surface area contributed by atoms with Crippen molar-refractivity contribution in [2.45, 2.75) is 71.3 Å². The fraction of sp³-hybridized carbons (Fsp3) is 0.441. The molecule has 48 heavy (non-hydrogen) atoms. The maximum absolute atomic E-state index is 14.0. The number of likely N-dealkylation sites (tertiary alicyclic amines) is 1. The van der Waals surface area contributed by atoms with Gasteiger partial charge in [-0.3, -0.25) is 14.8 Å². The van der Waals surface area contributed by atoms with Crippen LogP contribution < -0.4 is 15.4 Å². The fourth-order valence-corrected chi connectivity index (χ4v) is 5.56. The molecular weight excluding hydrogens is 627 g/mol. The van der Waals surface area contributed by atoms with E-state index in [2.05, 4.69) is 30.6 Å². The van der Waals surface area contributed by atoms with Gasteiger partial charge < -0.3 is 19.7 Å². The van der Waals surface area contributed by atoms with Crippen molar-refractivity contribution in [1.29, 1.82) is 0 Å². The summed E-state index contributed by atoms with van der Waals surface area (Å²) < 4.78 is 54.6. The van der Waals surface area contributed by atoms with E-state index in [0.717, 1.165) is 35.7 Å². The number of aryl methyl sites for hydroxylation is 2. The van der Waals surface area contributed by atoms with E-state index in [9.17, 15) is 22.8 Å². The quantitative estimate of drug-likeness (QED) is 0.215. The molecule has 1 aliphatic heterocycles. The molecule has 256 valence electrons. The summed E-state index contributed by atoms with van der Waals surface area (Å²) in [7, 11) is 3.69. The summed E-state index contributed by atoms with van der Waals surface area (Å²) in [6.07, 6.45) is -2.34. The molecule has 0 saturated carbocycles. The highest BCUT2D eigenvalue weighted by molar-refractivity contribution is 5.93. The molecular formula is C34H40F3N7O4. The van der Waals surface area contributed by atoms with Gasteiger partial charge in [-0.2, -0.15) is 18.3 Å². The van der Waals surface area contributed by atoms with Gasteiger partial charge in [-0.1, -0.05) is 13.0 Å². The molecule has 0 aliphatic carbocycles. The van der Waals surface area contributed by atoms with Gasteiger partial charge in [-0.15, -0.1) is 0 Å². The molecule has 1 saturated heterocycles. The number of carbonyl (C=O) groups excluding carboxylic acids is 2. The van der Waals surface area contributed by atoms with Crippen LogP contribution in [0.5, 0.6) is 5.75 Å². The lowest BCUT2D eigenvalue weighted by molar-refractivity contribution is -0.139. The number of nitrogens with zero attached hydrogens (tertiary/aromatic N) is 5. The summed E-state index contributed by atoms with van der Waals surface area (Å²) in [5.74, 6) is -0.366. The van der Waals surface area contributed by atoms with E-state index in [-0.39, 0.29) is 35.6 Å². The van der Waals surface area contributed by atoms with Crippen LogP contribution in [0, 0.1) is 0 Å². The highest BCUT2D eigenvalue weighted by Gasteiger charge is 2.36. The lowest BCUT2D eigenvalue weighted by atomic mass is 10.0. The molecule has 3 heterocycles. The molecule has 11 nitrogen and oxygen atoms in total. The number of hydrogen-bond donors (Lipinski definition) is 2. The molecule has 1 aliphatic rings. The van der Waals surface area contributed by atoms with E-state index in [0.29, 0.717) is 30.5 Å². The predicted molar refractivity (Wildman–Crippen MR) is 176 cm³/mol. The number of halogens is 3. The fourth-order valence-electron chi connectivity index (χ4n) is 5.56. The highest BCUT2D eigenvalue weighted by atomic mass is 19.4. The summed E-state index contributed by atoms with van der Waals surface area (Å²) in [5.41, 5.74) is 1.68. The number of hydrogen-bond acceptors (Lipinski definition) is 8. The minimum absolute atomic E-state index is 0.117. The Kier molecular flexibility index (Phi) is 9.94. The van der Waals surface area contributed by atoms with Crippen molar-refractivity contribution in [3.63, 3.8) is 0 Å². The van der Waals surface area contributed by atoms with Crippen molar-refractivity contribution >= 4 is 34.7 Å². The smallest absolute Gasteiger partial charge is 0.419 e. The number of alkyl halides is 3. The van der Waals surface area contributed by atoms with Crippen molar-refractivity contribution in [2.24, 2.45) is 7.05 Å². The number of piperidine rings is 1. The van der Waals surface area contributed by atoms with Crippen LogP contribution in [0.1, 0.15) is 57.2 Å². The van der Waals surface area contributed by atoms with Crippen molar-refractivity contribution in [3.05, 3.63) is 59.3 Å². The maximum Gasteiger partial charge on any atom is 0.419 e. The highest BCUT2D eigenvalue weighted by Crippen LogP contribution is 2.38. The molecule has 0 atom stereocenters.